The van der Waals surface area contributed by atoms with Gasteiger partial charge in [-0.25, -0.2) is 13.4 Å². The number of ether oxygens (including phenoxy) is 2. The fourth-order valence-corrected chi connectivity index (χ4v) is 5.36. The summed E-state index contributed by atoms with van der Waals surface area (Å²) in [6.07, 6.45) is 3.56. The summed E-state index contributed by atoms with van der Waals surface area (Å²) in [5, 5.41) is 2.86. The lowest BCUT2D eigenvalue weighted by Crippen LogP contribution is -2.40. The van der Waals surface area contributed by atoms with E-state index in [9.17, 15) is 13.2 Å². The third kappa shape index (κ3) is 5.59. The highest BCUT2D eigenvalue weighted by Gasteiger charge is 2.28. The van der Waals surface area contributed by atoms with Crippen LogP contribution in [0.4, 0.5) is 5.69 Å². The molecule has 192 valence electrons. The van der Waals surface area contributed by atoms with E-state index in [0.717, 1.165) is 21.4 Å². The van der Waals surface area contributed by atoms with Crippen LogP contribution in [0.25, 0.3) is 5.69 Å². The van der Waals surface area contributed by atoms with Gasteiger partial charge < -0.3 is 19.4 Å². The first-order chi connectivity index (χ1) is 17.8. The number of sulfonamides is 1. The van der Waals surface area contributed by atoms with Gasteiger partial charge in [0.25, 0.3) is 10.0 Å². The van der Waals surface area contributed by atoms with Crippen LogP contribution in [0.5, 0.6) is 11.5 Å². The number of rotatable bonds is 10. The van der Waals surface area contributed by atoms with Gasteiger partial charge in [0.15, 0.2) is 11.5 Å². The highest BCUT2D eigenvalue weighted by atomic mass is 32.2. The summed E-state index contributed by atoms with van der Waals surface area (Å²) in [6.45, 7) is 1.67. The van der Waals surface area contributed by atoms with Crippen LogP contribution in [-0.2, 0) is 21.4 Å². The molecule has 0 aliphatic carbocycles. The van der Waals surface area contributed by atoms with Crippen molar-refractivity contribution < 1.29 is 22.7 Å². The summed E-state index contributed by atoms with van der Waals surface area (Å²) in [4.78, 5) is 17.5. The second-order valence-electron chi connectivity index (χ2n) is 8.11. The lowest BCUT2D eigenvalue weighted by molar-refractivity contribution is -0.119. The van der Waals surface area contributed by atoms with Crippen LogP contribution < -0.4 is 19.1 Å². The van der Waals surface area contributed by atoms with Crippen LogP contribution in [0, 0.1) is 6.92 Å². The van der Waals surface area contributed by atoms with Gasteiger partial charge in [-0.05, 0) is 42.8 Å². The van der Waals surface area contributed by atoms with Crippen molar-refractivity contribution in [2.24, 2.45) is 0 Å². The Morgan fingerprint density at radius 3 is 2.35 bits per heavy atom. The summed E-state index contributed by atoms with van der Waals surface area (Å²) in [7, 11) is -1.11. The Bertz CT molecular complexity index is 1490. The largest absolute Gasteiger partial charge is 0.493 e. The summed E-state index contributed by atoms with van der Waals surface area (Å²) in [5.74, 6) is 1.14. The van der Waals surface area contributed by atoms with Gasteiger partial charge in [0.1, 0.15) is 12.4 Å². The molecule has 1 aromatic heterocycles. The topological polar surface area (TPSA) is 103 Å². The maximum absolute atomic E-state index is 13.6. The van der Waals surface area contributed by atoms with E-state index in [2.05, 4.69) is 10.3 Å². The number of nitrogens with zero attached hydrogens (tertiary/aromatic N) is 3. The van der Waals surface area contributed by atoms with Gasteiger partial charge in [0, 0.05) is 25.0 Å². The first-order valence-corrected chi connectivity index (χ1v) is 12.9. The van der Waals surface area contributed by atoms with Gasteiger partial charge in [-0.3, -0.25) is 9.10 Å². The zero-order chi connectivity index (χ0) is 26.4. The molecule has 3 aromatic carbocycles. The normalized spacial score (nSPS) is 11.1. The number of benzene rings is 3. The highest BCUT2D eigenvalue weighted by molar-refractivity contribution is 7.92. The van der Waals surface area contributed by atoms with E-state index in [4.69, 9.17) is 9.47 Å². The van der Waals surface area contributed by atoms with Crippen molar-refractivity contribution in [3.05, 3.63) is 96.6 Å². The molecule has 0 aliphatic heterocycles. The monoisotopic (exact) mass is 520 g/mol. The molecule has 10 heteroatoms. The van der Waals surface area contributed by atoms with E-state index < -0.39 is 22.5 Å². The number of para-hydroxylation sites is 1. The van der Waals surface area contributed by atoms with Crippen LogP contribution in [-0.4, -0.2) is 44.6 Å². The number of aromatic nitrogens is 2. The molecule has 0 atom stereocenters. The minimum atomic E-state index is -4.06. The molecule has 0 unspecified atom stereocenters. The molecular formula is C27H28N4O5S. The lowest BCUT2D eigenvalue weighted by Gasteiger charge is -2.25. The first kappa shape index (κ1) is 25.8. The van der Waals surface area contributed by atoms with Crippen molar-refractivity contribution in [3.8, 4) is 17.2 Å². The van der Waals surface area contributed by atoms with Gasteiger partial charge in [-0.1, -0.05) is 36.4 Å². The molecule has 0 spiro atoms. The number of hydrogen-bond acceptors (Lipinski definition) is 6. The molecule has 4 rings (SSSR count). The number of aryl methyl sites for hydroxylation is 1. The minimum absolute atomic E-state index is 0.0681. The van der Waals surface area contributed by atoms with Crippen molar-refractivity contribution in [1.29, 1.82) is 0 Å². The third-order valence-corrected chi connectivity index (χ3v) is 7.61. The average Bonchev–Trinajstić information content (AvgIpc) is 3.36. The molecule has 1 N–H and O–H groups in total. The molecule has 1 amide bonds. The van der Waals surface area contributed by atoms with Crippen LogP contribution in [0.3, 0.4) is 0 Å². The molecule has 0 fully saturated rings. The smallest absolute Gasteiger partial charge is 0.264 e. The van der Waals surface area contributed by atoms with Crippen LogP contribution >= 0.6 is 0 Å². The number of imidazole rings is 1. The summed E-state index contributed by atoms with van der Waals surface area (Å²) >= 11 is 0. The average molecular weight is 521 g/mol. The summed E-state index contributed by atoms with van der Waals surface area (Å²) < 4.78 is 40.8. The van der Waals surface area contributed by atoms with Crippen molar-refractivity contribution in [2.45, 2.75) is 18.4 Å². The zero-order valence-electron chi connectivity index (χ0n) is 20.8. The maximum atomic E-state index is 13.6. The standard InChI is InChI=1S/C27H28N4O5S/c1-20-28-15-16-30(20)24-12-8-7-9-21(24)18-29-27(32)19-31(37(33,34)23-10-5-4-6-11-23)22-13-14-25(35-2)26(17-22)36-3/h4-17H,18-19H2,1-3H3,(H,29,32). The Morgan fingerprint density at radius 2 is 1.68 bits per heavy atom. The molecule has 1 heterocycles. The Kier molecular flexibility index (Phi) is 7.78. The number of nitrogens with one attached hydrogen (secondary N) is 1. The van der Waals surface area contributed by atoms with Crippen molar-refractivity contribution in [3.63, 3.8) is 0 Å². The van der Waals surface area contributed by atoms with E-state index in [-0.39, 0.29) is 17.1 Å². The number of methoxy groups -OCH3 is 2. The summed E-state index contributed by atoms with van der Waals surface area (Å²) in [5.41, 5.74) is 2.01. The molecular weight excluding hydrogens is 492 g/mol. The quantitative estimate of drug-likeness (QED) is 0.342. The molecule has 9 nitrogen and oxygen atoms in total. The van der Waals surface area contributed by atoms with Gasteiger partial charge in [-0.2, -0.15) is 0 Å². The first-order valence-electron chi connectivity index (χ1n) is 11.5. The van der Waals surface area contributed by atoms with Crippen LogP contribution in [0.1, 0.15) is 11.4 Å². The number of anilines is 1. The Hall–Kier alpha value is -4.31. The Labute approximate surface area is 216 Å². The van der Waals surface area contributed by atoms with Crippen molar-refractivity contribution in [1.82, 2.24) is 14.9 Å². The SMILES string of the molecule is COc1ccc(N(CC(=O)NCc2ccccc2-n2ccnc2C)S(=O)(=O)c2ccccc2)cc1OC. The van der Waals surface area contributed by atoms with Gasteiger partial charge in [0.05, 0.1) is 30.5 Å². The van der Waals surface area contributed by atoms with Gasteiger partial charge in [0.2, 0.25) is 5.91 Å². The molecule has 0 radical (unpaired) electrons. The van der Waals surface area contributed by atoms with E-state index in [1.54, 1.807) is 36.5 Å². The van der Waals surface area contributed by atoms with E-state index in [1.807, 2.05) is 42.0 Å². The number of amides is 1. The van der Waals surface area contributed by atoms with E-state index in [0.29, 0.717) is 11.5 Å². The molecule has 0 bridgehead atoms. The van der Waals surface area contributed by atoms with Crippen LogP contribution in [0.2, 0.25) is 0 Å². The fraction of sp³-hybridized carbons (Fsp3) is 0.185. The number of hydrogen-bond donors (Lipinski definition) is 1. The highest BCUT2D eigenvalue weighted by Crippen LogP contribution is 2.33. The maximum Gasteiger partial charge on any atom is 0.264 e. The van der Waals surface area contributed by atoms with Crippen molar-refractivity contribution >= 4 is 21.6 Å². The summed E-state index contributed by atoms with van der Waals surface area (Å²) in [6, 6.07) is 20.3. The molecule has 4 aromatic rings. The lowest BCUT2D eigenvalue weighted by atomic mass is 10.1. The predicted molar refractivity (Wildman–Crippen MR) is 141 cm³/mol. The Balaban J connectivity index is 1.62. The van der Waals surface area contributed by atoms with E-state index in [1.165, 1.54) is 32.4 Å². The minimum Gasteiger partial charge on any atom is -0.493 e. The van der Waals surface area contributed by atoms with E-state index >= 15 is 0 Å². The number of carbonyl (C=O) groups excluding carboxylic acids is 1. The molecule has 0 aliphatic rings. The third-order valence-electron chi connectivity index (χ3n) is 5.83. The second-order valence-corrected chi connectivity index (χ2v) is 9.98. The van der Waals surface area contributed by atoms with Crippen molar-refractivity contribution in [2.75, 3.05) is 25.1 Å². The molecule has 0 saturated heterocycles. The second kappa shape index (κ2) is 11.2. The Morgan fingerprint density at radius 1 is 0.973 bits per heavy atom. The van der Waals surface area contributed by atoms with Crippen LogP contribution in [0.15, 0.2) is 90.1 Å². The predicted octanol–water partition coefficient (Wildman–Crippen LogP) is 3.71. The fourth-order valence-electron chi connectivity index (χ4n) is 3.92. The zero-order valence-corrected chi connectivity index (χ0v) is 21.6. The van der Waals surface area contributed by atoms with Gasteiger partial charge in [-0.15, -0.1) is 0 Å². The molecule has 0 saturated carbocycles. The molecule has 37 heavy (non-hydrogen) atoms. The van der Waals surface area contributed by atoms with Gasteiger partial charge >= 0.3 is 0 Å². The number of carbonyl (C=O) groups is 1.